The van der Waals surface area contributed by atoms with E-state index in [-0.39, 0.29) is 0 Å². The first-order valence-electron chi connectivity index (χ1n) is 2.54. The standard InChI is InChI=1S/C5H10N2O2/c1-5(2,4-8)6-7-9-3/h4H,1-3H3. The van der Waals surface area contributed by atoms with Crippen molar-refractivity contribution >= 4 is 6.29 Å². The molecule has 0 aliphatic heterocycles. The van der Waals surface area contributed by atoms with Gasteiger partial charge in [0.1, 0.15) is 18.9 Å². The van der Waals surface area contributed by atoms with E-state index in [1.54, 1.807) is 13.8 Å². The summed E-state index contributed by atoms with van der Waals surface area (Å²) >= 11 is 0. The maximum absolute atomic E-state index is 10.1. The lowest BCUT2D eigenvalue weighted by Gasteiger charge is -2.05. The van der Waals surface area contributed by atoms with Crippen LogP contribution in [0.4, 0.5) is 0 Å². The highest BCUT2D eigenvalue weighted by Gasteiger charge is 2.13. The Labute approximate surface area is 53.9 Å². The normalized spacial score (nSPS) is 11.9. The van der Waals surface area contributed by atoms with Crippen LogP contribution in [0.5, 0.6) is 0 Å². The summed E-state index contributed by atoms with van der Waals surface area (Å²) in [5, 5.41) is 6.74. The molecule has 0 saturated carbocycles. The number of aldehydes is 1. The van der Waals surface area contributed by atoms with Gasteiger partial charge in [0.2, 0.25) is 0 Å². The van der Waals surface area contributed by atoms with Gasteiger partial charge in [-0.25, -0.2) is 0 Å². The minimum Gasteiger partial charge on any atom is -0.383 e. The van der Waals surface area contributed by atoms with E-state index in [0.29, 0.717) is 6.29 Å². The maximum Gasteiger partial charge on any atom is 0.149 e. The average Bonchev–Trinajstić information content (AvgIpc) is 1.84. The van der Waals surface area contributed by atoms with Crippen LogP contribution in [0.3, 0.4) is 0 Å². The third-order valence-corrected chi connectivity index (χ3v) is 0.669. The quantitative estimate of drug-likeness (QED) is 0.325. The first-order chi connectivity index (χ1) is 4.12. The van der Waals surface area contributed by atoms with Gasteiger partial charge in [-0.2, -0.15) is 0 Å². The Balaban J connectivity index is 3.84. The highest BCUT2D eigenvalue weighted by molar-refractivity contribution is 5.62. The van der Waals surface area contributed by atoms with Crippen molar-refractivity contribution in [2.75, 3.05) is 7.11 Å². The molecule has 0 rings (SSSR count). The molecular weight excluding hydrogens is 120 g/mol. The molecule has 0 aromatic carbocycles. The second-order valence-electron chi connectivity index (χ2n) is 2.14. The predicted octanol–water partition coefficient (Wildman–Crippen LogP) is 0.978. The number of hydrogen-bond donors (Lipinski definition) is 0. The van der Waals surface area contributed by atoms with Crippen molar-refractivity contribution in [3.8, 4) is 0 Å². The first-order valence-corrected chi connectivity index (χ1v) is 2.54. The lowest BCUT2D eigenvalue weighted by molar-refractivity contribution is -0.111. The SMILES string of the molecule is CON=NC(C)(C)C=O. The zero-order valence-electron chi connectivity index (χ0n) is 5.79. The van der Waals surface area contributed by atoms with Crippen molar-refractivity contribution in [2.24, 2.45) is 10.4 Å². The van der Waals surface area contributed by atoms with E-state index in [1.165, 1.54) is 7.11 Å². The number of carbonyl (C=O) groups is 1. The second-order valence-corrected chi connectivity index (χ2v) is 2.14. The Morgan fingerprint density at radius 1 is 1.56 bits per heavy atom. The van der Waals surface area contributed by atoms with Crippen LogP contribution < -0.4 is 0 Å². The van der Waals surface area contributed by atoms with Crippen LogP contribution in [-0.2, 0) is 9.63 Å². The van der Waals surface area contributed by atoms with E-state index in [0.717, 1.165) is 0 Å². The lowest BCUT2D eigenvalue weighted by Crippen LogP contribution is -2.16. The van der Waals surface area contributed by atoms with Crippen LogP contribution in [0.2, 0.25) is 0 Å². The van der Waals surface area contributed by atoms with E-state index in [1.807, 2.05) is 0 Å². The summed E-state index contributed by atoms with van der Waals surface area (Å²) in [5.41, 5.74) is -0.754. The van der Waals surface area contributed by atoms with Crippen molar-refractivity contribution < 1.29 is 9.63 Å². The molecule has 0 atom stereocenters. The molecular formula is C5H10N2O2. The Hall–Kier alpha value is -0.930. The third kappa shape index (κ3) is 3.64. The van der Waals surface area contributed by atoms with Crippen molar-refractivity contribution in [2.45, 2.75) is 19.4 Å². The van der Waals surface area contributed by atoms with Crippen LogP contribution >= 0.6 is 0 Å². The summed E-state index contributed by atoms with van der Waals surface area (Å²) in [7, 11) is 1.38. The van der Waals surface area contributed by atoms with Gasteiger partial charge in [-0.1, -0.05) is 0 Å². The molecule has 0 saturated heterocycles. The molecule has 0 aliphatic rings. The molecule has 0 unspecified atom stereocenters. The molecule has 52 valence electrons. The van der Waals surface area contributed by atoms with Crippen molar-refractivity contribution in [1.29, 1.82) is 0 Å². The van der Waals surface area contributed by atoms with E-state index < -0.39 is 5.54 Å². The van der Waals surface area contributed by atoms with Crippen LogP contribution in [0.1, 0.15) is 13.8 Å². The van der Waals surface area contributed by atoms with Gasteiger partial charge in [-0.05, 0) is 13.8 Å². The number of rotatable bonds is 3. The van der Waals surface area contributed by atoms with Crippen molar-refractivity contribution in [1.82, 2.24) is 0 Å². The summed E-state index contributed by atoms with van der Waals surface area (Å²) in [5.74, 6) is 0. The average molecular weight is 130 g/mol. The van der Waals surface area contributed by atoms with Crippen LogP contribution in [-0.4, -0.2) is 18.9 Å². The summed E-state index contributed by atoms with van der Waals surface area (Å²) in [6.07, 6.45) is 0.704. The third-order valence-electron chi connectivity index (χ3n) is 0.669. The van der Waals surface area contributed by atoms with E-state index >= 15 is 0 Å². The predicted molar refractivity (Wildman–Crippen MR) is 32.0 cm³/mol. The van der Waals surface area contributed by atoms with E-state index in [4.69, 9.17) is 0 Å². The van der Waals surface area contributed by atoms with Crippen LogP contribution in [0.15, 0.2) is 10.4 Å². The highest BCUT2D eigenvalue weighted by atomic mass is 16.6. The van der Waals surface area contributed by atoms with Gasteiger partial charge in [0.15, 0.2) is 0 Å². The maximum atomic E-state index is 10.1. The monoisotopic (exact) mass is 130 g/mol. The molecule has 9 heavy (non-hydrogen) atoms. The fraction of sp³-hybridized carbons (Fsp3) is 0.800. The summed E-state index contributed by atoms with van der Waals surface area (Å²) in [6.45, 7) is 3.28. The number of nitrogens with zero attached hydrogens (tertiary/aromatic N) is 2. The van der Waals surface area contributed by atoms with Crippen molar-refractivity contribution in [3.63, 3.8) is 0 Å². The van der Waals surface area contributed by atoms with Gasteiger partial charge in [-0.3, -0.25) is 0 Å². The molecule has 0 heterocycles. The largest absolute Gasteiger partial charge is 0.383 e. The van der Waals surface area contributed by atoms with E-state index in [9.17, 15) is 4.79 Å². The topological polar surface area (TPSA) is 51.0 Å². The van der Waals surface area contributed by atoms with Crippen LogP contribution in [0.25, 0.3) is 0 Å². The minimum atomic E-state index is -0.754. The Bertz CT molecular complexity index is 120. The molecule has 4 heteroatoms. The van der Waals surface area contributed by atoms with Crippen molar-refractivity contribution in [3.05, 3.63) is 0 Å². The molecule has 0 aromatic rings. The van der Waals surface area contributed by atoms with Gasteiger partial charge >= 0.3 is 0 Å². The zero-order valence-corrected chi connectivity index (χ0v) is 5.79. The molecule has 0 N–H and O–H groups in total. The molecule has 0 spiro atoms. The zero-order chi connectivity index (χ0) is 7.33. The fourth-order valence-corrected chi connectivity index (χ4v) is 0.170. The van der Waals surface area contributed by atoms with Crippen LogP contribution in [0, 0.1) is 0 Å². The molecule has 4 nitrogen and oxygen atoms in total. The first kappa shape index (κ1) is 8.07. The van der Waals surface area contributed by atoms with Gasteiger partial charge in [0.05, 0.1) is 0 Å². The number of carbonyl (C=O) groups excluding carboxylic acids is 1. The molecule has 0 bridgehead atoms. The minimum absolute atomic E-state index is 0.704. The fourth-order valence-electron chi connectivity index (χ4n) is 0.170. The summed E-state index contributed by atoms with van der Waals surface area (Å²) < 4.78 is 0. The summed E-state index contributed by atoms with van der Waals surface area (Å²) in [4.78, 5) is 14.4. The Kier molecular flexibility index (Phi) is 2.84. The lowest BCUT2D eigenvalue weighted by atomic mass is 10.1. The van der Waals surface area contributed by atoms with Gasteiger partial charge < -0.3 is 9.63 Å². The highest BCUT2D eigenvalue weighted by Crippen LogP contribution is 2.03. The summed E-state index contributed by atoms with van der Waals surface area (Å²) in [6, 6.07) is 0. The Morgan fingerprint density at radius 3 is 2.44 bits per heavy atom. The van der Waals surface area contributed by atoms with Gasteiger partial charge in [-0.15, -0.1) is 5.11 Å². The smallest absolute Gasteiger partial charge is 0.149 e. The molecule has 0 amide bonds. The van der Waals surface area contributed by atoms with Gasteiger partial charge in [0.25, 0.3) is 0 Å². The number of hydrogen-bond acceptors (Lipinski definition) is 4. The van der Waals surface area contributed by atoms with Gasteiger partial charge in [0, 0.05) is 5.28 Å². The van der Waals surface area contributed by atoms with E-state index in [2.05, 4.69) is 15.2 Å². The molecule has 0 aliphatic carbocycles. The second kappa shape index (κ2) is 3.17. The molecule has 0 fully saturated rings. The Morgan fingerprint density at radius 2 is 2.11 bits per heavy atom. The molecule has 0 aromatic heterocycles. The molecule has 0 radical (unpaired) electrons.